The molecule has 1 atom stereocenters. The number of likely N-dealkylation sites (N-methyl/N-ethyl adjacent to an activating group) is 1. The Morgan fingerprint density at radius 3 is 2.51 bits per heavy atom. The number of nitrogens with one attached hydrogen (secondary N) is 1. The van der Waals surface area contributed by atoms with Crippen LogP contribution >= 0.6 is 11.6 Å². The molecule has 0 saturated carbocycles. The fraction of sp³-hybridized carbons (Fsp3) is 0.214. The number of carboxylic acids is 1. The van der Waals surface area contributed by atoms with Gasteiger partial charge in [-0.3, -0.25) is 19.3 Å². The van der Waals surface area contributed by atoms with Crippen molar-refractivity contribution >= 4 is 35.7 Å². The highest BCUT2D eigenvalue weighted by atomic mass is 35.5. The number of aliphatic carboxylic acids is 1. The number of carbonyl (C=O) groups is 3. The second-order valence-electron chi connectivity index (χ2n) is 8.81. The minimum Gasteiger partial charge on any atom is -0.481 e. The Labute approximate surface area is 230 Å². The first-order chi connectivity index (χ1) is 18.5. The number of aryl methyl sites for hydroxylation is 1. The third-order valence-electron chi connectivity index (χ3n) is 5.63. The summed E-state index contributed by atoms with van der Waals surface area (Å²) < 4.78 is 19.3. The molecule has 0 fully saturated rings. The second kappa shape index (κ2) is 13.4. The van der Waals surface area contributed by atoms with E-state index < -0.39 is 23.6 Å². The van der Waals surface area contributed by atoms with Crippen LogP contribution in [0.4, 0.5) is 10.2 Å². The SMILES string of the molecule is Cc1nc(N/C(=C/C(=O)N(C)C[C@H](C)C(=O)O)N(C=O)Cc2ccc(Cl)cc2)ccc1Oc1cccc(F)c1. The van der Waals surface area contributed by atoms with Crippen molar-refractivity contribution in [1.82, 2.24) is 14.8 Å². The van der Waals surface area contributed by atoms with Gasteiger partial charge < -0.3 is 20.1 Å². The van der Waals surface area contributed by atoms with Gasteiger partial charge in [-0.15, -0.1) is 0 Å². The molecule has 2 N–H and O–H groups in total. The molecule has 0 aliphatic heterocycles. The fourth-order valence-corrected chi connectivity index (χ4v) is 3.60. The topological polar surface area (TPSA) is 112 Å². The van der Waals surface area contributed by atoms with Crippen LogP contribution in [0, 0.1) is 18.7 Å². The zero-order chi connectivity index (χ0) is 28.5. The third kappa shape index (κ3) is 8.54. The largest absolute Gasteiger partial charge is 0.481 e. The van der Waals surface area contributed by atoms with Crippen LogP contribution in [0.1, 0.15) is 18.2 Å². The van der Waals surface area contributed by atoms with Crippen molar-refractivity contribution in [2.45, 2.75) is 20.4 Å². The zero-order valence-corrected chi connectivity index (χ0v) is 22.4. The Kier molecular flexibility index (Phi) is 9.99. The first-order valence-electron chi connectivity index (χ1n) is 11.9. The van der Waals surface area contributed by atoms with Crippen LogP contribution in [0.25, 0.3) is 0 Å². The first kappa shape index (κ1) is 29.1. The highest BCUT2D eigenvalue weighted by Gasteiger charge is 2.19. The molecule has 11 heteroatoms. The number of halogens is 2. The molecule has 0 radical (unpaired) electrons. The van der Waals surface area contributed by atoms with Gasteiger partial charge in [-0.05, 0) is 48.9 Å². The van der Waals surface area contributed by atoms with Crippen molar-refractivity contribution in [2.24, 2.45) is 5.92 Å². The summed E-state index contributed by atoms with van der Waals surface area (Å²) in [5.74, 6) is -1.65. The van der Waals surface area contributed by atoms with E-state index in [0.29, 0.717) is 34.4 Å². The first-order valence-corrected chi connectivity index (χ1v) is 12.3. The van der Waals surface area contributed by atoms with E-state index in [1.165, 1.54) is 48.0 Å². The summed E-state index contributed by atoms with van der Waals surface area (Å²) in [6.45, 7) is 3.27. The van der Waals surface area contributed by atoms with Crippen molar-refractivity contribution in [2.75, 3.05) is 18.9 Å². The minimum absolute atomic E-state index is 0.0281. The predicted molar refractivity (Wildman–Crippen MR) is 145 cm³/mol. The lowest BCUT2D eigenvalue weighted by atomic mass is 10.2. The van der Waals surface area contributed by atoms with Crippen molar-refractivity contribution in [3.05, 3.63) is 94.7 Å². The molecule has 2 aromatic carbocycles. The van der Waals surface area contributed by atoms with Gasteiger partial charge in [0.2, 0.25) is 12.3 Å². The summed E-state index contributed by atoms with van der Waals surface area (Å²) >= 11 is 5.97. The highest BCUT2D eigenvalue weighted by molar-refractivity contribution is 6.30. The Balaban J connectivity index is 1.88. The van der Waals surface area contributed by atoms with Gasteiger partial charge in [-0.2, -0.15) is 0 Å². The molecular weight excluding hydrogens is 527 g/mol. The third-order valence-corrected chi connectivity index (χ3v) is 5.88. The number of pyridine rings is 1. The summed E-state index contributed by atoms with van der Waals surface area (Å²) in [6.07, 6.45) is 1.77. The number of hydrogen-bond acceptors (Lipinski definition) is 6. The molecule has 0 aliphatic rings. The standard InChI is InChI=1S/C28H28ClFN4O5/c1-18(28(37)38)15-33(3)27(36)14-26(34(17-35)16-20-7-9-21(29)10-8-20)32-25-12-11-24(19(2)31-25)39-23-6-4-5-22(30)13-23/h4-14,17-18H,15-16H2,1-3H3,(H,31,32)(H,37,38)/b26-14-/t18-/m0/s1. The Morgan fingerprint density at radius 1 is 1.18 bits per heavy atom. The Morgan fingerprint density at radius 2 is 1.90 bits per heavy atom. The van der Waals surface area contributed by atoms with Gasteiger partial charge in [0, 0.05) is 30.8 Å². The van der Waals surface area contributed by atoms with E-state index in [1.807, 2.05) is 0 Å². The number of amides is 2. The molecule has 0 spiro atoms. The lowest BCUT2D eigenvalue weighted by Gasteiger charge is -2.24. The number of carboxylic acid groups (broad SMARTS) is 1. The summed E-state index contributed by atoms with van der Waals surface area (Å²) in [7, 11) is 1.47. The van der Waals surface area contributed by atoms with Crippen LogP contribution in [0.2, 0.25) is 5.02 Å². The highest BCUT2D eigenvalue weighted by Crippen LogP contribution is 2.26. The van der Waals surface area contributed by atoms with Crippen molar-refractivity contribution in [1.29, 1.82) is 0 Å². The molecule has 9 nitrogen and oxygen atoms in total. The lowest BCUT2D eigenvalue weighted by Crippen LogP contribution is -2.34. The van der Waals surface area contributed by atoms with E-state index >= 15 is 0 Å². The lowest BCUT2D eigenvalue weighted by molar-refractivity contribution is -0.142. The van der Waals surface area contributed by atoms with E-state index in [2.05, 4.69) is 10.3 Å². The molecule has 1 aromatic heterocycles. The van der Waals surface area contributed by atoms with Gasteiger partial charge in [0.25, 0.3) is 0 Å². The molecule has 39 heavy (non-hydrogen) atoms. The number of nitrogens with zero attached hydrogens (tertiary/aromatic N) is 3. The van der Waals surface area contributed by atoms with Gasteiger partial charge in [-0.25, -0.2) is 9.37 Å². The summed E-state index contributed by atoms with van der Waals surface area (Å²) in [6, 6.07) is 15.8. The van der Waals surface area contributed by atoms with Crippen molar-refractivity contribution in [3.8, 4) is 11.5 Å². The molecule has 2 amide bonds. The Bertz CT molecular complexity index is 1370. The van der Waals surface area contributed by atoms with Gasteiger partial charge in [0.05, 0.1) is 18.2 Å². The normalized spacial score (nSPS) is 11.9. The number of aromatic nitrogens is 1. The molecule has 1 heterocycles. The molecule has 0 bridgehead atoms. The number of anilines is 1. The molecular formula is C28H28ClFN4O5. The van der Waals surface area contributed by atoms with Gasteiger partial charge in [0.15, 0.2) is 0 Å². The van der Waals surface area contributed by atoms with Gasteiger partial charge >= 0.3 is 5.97 Å². The molecule has 3 rings (SSSR count). The summed E-state index contributed by atoms with van der Waals surface area (Å²) in [4.78, 5) is 43.3. The molecule has 0 aliphatic carbocycles. The molecule has 0 unspecified atom stereocenters. The smallest absolute Gasteiger partial charge is 0.308 e. The maximum Gasteiger partial charge on any atom is 0.308 e. The maximum atomic E-state index is 13.5. The van der Waals surface area contributed by atoms with Crippen LogP contribution in [0.5, 0.6) is 11.5 Å². The van der Waals surface area contributed by atoms with E-state index in [-0.39, 0.29) is 18.9 Å². The van der Waals surface area contributed by atoms with Crippen LogP contribution in [-0.4, -0.2) is 51.8 Å². The summed E-state index contributed by atoms with van der Waals surface area (Å²) in [5.41, 5.74) is 1.22. The average molecular weight is 555 g/mol. The number of benzene rings is 2. The Hall–Kier alpha value is -4.44. The van der Waals surface area contributed by atoms with E-state index in [9.17, 15) is 23.9 Å². The zero-order valence-electron chi connectivity index (χ0n) is 21.6. The van der Waals surface area contributed by atoms with Gasteiger partial charge in [0.1, 0.15) is 29.0 Å². The van der Waals surface area contributed by atoms with E-state index in [0.717, 1.165) is 5.56 Å². The van der Waals surface area contributed by atoms with Crippen LogP contribution in [0.15, 0.2) is 72.6 Å². The molecule has 204 valence electrons. The number of carbonyl (C=O) groups excluding carboxylic acids is 2. The summed E-state index contributed by atoms with van der Waals surface area (Å²) in [5, 5.41) is 12.7. The number of rotatable bonds is 12. The second-order valence-corrected chi connectivity index (χ2v) is 9.25. The predicted octanol–water partition coefficient (Wildman–Crippen LogP) is 5.07. The number of hydrogen-bond donors (Lipinski definition) is 2. The molecule has 3 aromatic rings. The van der Waals surface area contributed by atoms with Crippen LogP contribution in [-0.2, 0) is 20.9 Å². The van der Waals surface area contributed by atoms with E-state index in [4.69, 9.17) is 16.3 Å². The van der Waals surface area contributed by atoms with Crippen molar-refractivity contribution < 1.29 is 28.6 Å². The number of ether oxygens (including phenoxy) is 1. The van der Waals surface area contributed by atoms with E-state index in [1.54, 1.807) is 49.4 Å². The van der Waals surface area contributed by atoms with Crippen LogP contribution in [0.3, 0.4) is 0 Å². The van der Waals surface area contributed by atoms with Crippen molar-refractivity contribution in [3.63, 3.8) is 0 Å². The average Bonchev–Trinajstić information content (AvgIpc) is 2.89. The van der Waals surface area contributed by atoms with Gasteiger partial charge in [-0.1, -0.05) is 36.7 Å². The fourth-order valence-electron chi connectivity index (χ4n) is 3.48. The maximum absolute atomic E-state index is 13.5. The minimum atomic E-state index is -1.03. The monoisotopic (exact) mass is 554 g/mol. The van der Waals surface area contributed by atoms with Crippen LogP contribution < -0.4 is 10.1 Å². The molecule has 0 saturated heterocycles. The quantitative estimate of drug-likeness (QED) is 0.237.